The van der Waals surface area contributed by atoms with E-state index in [0.717, 1.165) is 38.0 Å². The number of amides is 1. The van der Waals surface area contributed by atoms with Crippen LogP contribution in [-0.4, -0.2) is 35.4 Å². The summed E-state index contributed by atoms with van der Waals surface area (Å²) in [4.78, 5) is 12.1. The summed E-state index contributed by atoms with van der Waals surface area (Å²) in [5.41, 5.74) is 7.71. The van der Waals surface area contributed by atoms with Crippen LogP contribution in [0, 0.1) is 0 Å². The van der Waals surface area contributed by atoms with Crippen molar-refractivity contribution in [2.24, 2.45) is 0 Å². The predicted octanol–water partition coefficient (Wildman–Crippen LogP) is 0.778. The van der Waals surface area contributed by atoms with Gasteiger partial charge in [-0.05, 0) is 25.7 Å². The number of hydrogen-bond donors (Lipinski definition) is 3. The first-order valence-electron chi connectivity index (χ1n) is 6.48. The van der Waals surface area contributed by atoms with E-state index in [9.17, 15) is 4.79 Å². The molecular formula is C12H18N4O2. The Bertz CT molecular complexity index is 447. The lowest BCUT2D eigenvalue weighted by atomic mass is 10.1. The Morgan fingerprint density at radius 3 is 2.94 bits per heavy atom. The van der Waals surface area contributed by atoms with Gasteiger partial charge in [-0.2, -0.15) is 5.10 Å². The number of anilines is 1. The molecule has 1 aromatic heterocycles. The maximum absolute atomic E-state index is 12.1. The van der Waals surface area contributed by atoms with Gasteiger partial charge in [-0.25, -0.2) is 0 Å². The van der Waals surface area contributed by atoms with Crippen LogP contribution in [0.1, 0.15) is 47.8 Å². The number of nitrogen functional groups attached to an aromatic ring is 1. The number of ether oxygens (including phenoxy) is 1. The first kappa shape index (κ1) is 11.5. The largest absolute Gasteiger partial charge is 0.395 e. The summed E-state index contributed by atoms with van der Waals surface area (Å²) in [6.45, 7) is 1.36. The molecule has 2 fully saturated rings. The van der Waals surface area contributed by atoms with Gasteiger partial charge in [0.1, 0.15) is 0 Å². The molecular weight excluding hydrogens is 232 g/mol. The van der Waals surface area contributed by atoms with E-state index in [4.69, 9.17) is 10.5 Å². The smallest absolute Gasteiger partial charge is 0.274 e. The first-order chi connectivity index (χ1) is 8.75. The molecule has 18 heavy (non-hydrogen) atoms. The minimum atomic E-state index is -0.203. The number of rotatable bonds is 3. The summed E-state index contributed by atoms with van der Waals surface area (Å²) in [6.07, 6.45) is 4.19. The zero-order valence-electron chi connectivity index (χ0n) is 10.2. The number of aromatic amines is 1. The summed E-state index contributed by atoms with van der Waals surface area (Å²) in [5.74, 6) is 0.267. The van der Waals surface area contributed by atoms with E-state index in [1.807, 2.05) is 0 Å². The van der Waals surface area contributed by atoms with E-state index in [1.54, 1.807) is 0 Å². The van der Waals surface area contributed by atoms with Crippen LogP contribution in [0.4, 0.5) is 5.69 Å². The maximum atomic E-state index is 12.1. The van der Waals surface area contributed by atoms with Gasteiger partial charge in [-0.3, -0.25) is 9.89 Å². The lowest BCUT2D eigenvalue weighted by Crippen LogP contribution is -2.41. The zero-order valence-corrected chi connectivity index (χ0v) is 10.2. The fourth-order valence-corrected chi connectivity index (χ4v) is 2.33. The molecule has 1 amide bonds. The number of hydrogen-bond acceptors (Lipinski definition) is 4. The van der Waals surface area contributed by atoms with E-state index in [0.29, 0.717) is 23.9 Å². The van der Waals surface area contributed by atoms with Gasteiger partial charge in [0.25, 0.3) is 5.91 Å². The molecule has 2 aliphatic rings. The first-order valence-corrected chi connectivity index (χ1v) is 6.48. The topological polar surface area (TPSA) is 93.0 Å². The Labute approximate surface area is 105 Å². The van der Waals surface area contributed by atoms with Crippen molar-refractivity contribution in [2.45, 2.75) is 37.6 Å². The molecule has 6 heteroatoms. The molecule has 3 rings (SSSR count). The van der Waals surface area contributed by atoms with E-state index in [-0.39, 0.29) is 11.9 Å². The molecule has 4 N–H and O–H groups in total. The summed E-state index contributed by atoms with van der Waals surface area (Å²) >= 11 is 0. The number of nitrogens with two attached hydrogens (primary N) is 1. The van der Waals surface area contributed by atoms with Crippen molar-refractivity contribution in [3.05, 3.63) is 11.4 Å². The van der Waals surface area contributed by atoms with Gasteiger partial charge in [0.2, 0.25) is 0 Å². The Morgan fingerprint density at radius 1 is 1.44 bits per heavy atom. The number of H-pyrrole nitrogens is 1. The van der Waals surface area contributed by atoms with Crippen molar-refractivity contribution >= 4 is 11.6 Å². The van der Waals surface area contributed by atoms with Crippen LogP contribution < -0.4 is 11.1 Å². The van der Waals surface area contributed by atoms with Crippen molar-refractivity contribution in [1.29, 1.82) is 0 Å². The normalized spacial score (nSPS) is 23.9. The molecule has 0 spiro atoms. The third kappa shape index (κ3) is 2.20. The van der Waals surface area contributed by atoms with Crippen molar-refractivity contribution < 1.29 is 9.53 Å². The Hall–Kier alpha value is -1.56. The highest BCUT2D eigenvalue weighted by Crippen LogP contribution is 2.42. The molecule has 1 saturated carbocycles. The molecule has 1 aromatic rings. The van der Waals surface area contributed by atoms with Gasteiger partial charge in [0.05, 0.1) is 24.0 Å². The number of aromatic nitrogens is 2. The number of nitrogens with zero attached hydrogens (tertiary/aromatic N) is 1. The fraction of sp³-hybridized carbons (Fsp3) is 0.667. The molecule has 0 bridgehead atoms. The standard InChI is InChI=1S/C12H18N4O2/c13-9-10(7-3-4-7)15-16-11(9)12(17)14-8-2-1-5-18-6-8/h7-8H,1-6,13H2,(H,14,17)(H,15,16). The third-order valence-corrected chi connectivity index (χ3v) is 3.53. The van der Waals surface area contributed by atoms with E-state index in [1.165, 1.54) is 0 Å². The lowest BCUT2D eigenvalue weighted by Gasteiger charge is -2.22. The number of carbonyl (C=O) groups excluding carboxylic acids is 1. The Morgan fingerprint density at radius 2 is 2.28 bits per heavy atom. The van der Waals surface area contributed by atoms with E-state index < -0.39 is 0 Å². The van der Waals surface area contributed by atoms with Crippen LogP contribution in [0.5, 0.6) is 0 Å². The molecule has 0 radical (unpaired) electrons. The Balaban J connectivity index is 1.67. The minimum Gasteiger partial charge on any atom is -0.395 e. The molecule has 2 heterocycles. The molecule has 1 aliphatic carbocycles. The molecule has 1 saturated heterocycles. The second-order valence-electron chi connectivity index (χ2n) is 5.06. The molecule has 6 nitrogen and oxygen atoms in total. The van der Waals surface area contributed by atoms with Gasteiger partial charge < -0.3 is 15.8 Å². The average Bonchev–Trinajstić information content (AvgIpc) is 3.14. The summed E-state index contributed by atoms with van der Waals surface area (Å²) < 4.78 is 5.33. The number of carbonyl (C=O) groups is 1. The second-order valence-corrected chi connectivity index (χ2v) is 5.06. The van der Waals surface area contributed by atoms with Crippen molar-refractivity contribution in [2.75, 3.05) is 18.9 Å². The summed E-state index contributed by atoms with van der Waals surface area (Å²) in [5, 5.41) is 9.85. The number of nitrogens with one attached hydrogen (secondary N) is 2. The van der Waals surface area contributed by atoms with Crippen LogP contribution in [0.25, 0.3) is 0 Å². The molecule has 1 unspecified atom stereocenters. The van der Waals surface area contributed by atoms with Gasteiger partial charge in [0, 0.05) is 12.5 Å². The van der Waals surface area contributed by atoms with Gasteiger partial charge in [-0.1, -0.05) is 0 Å². The van der Waals surface area contributed by atoms with Crippen LogP contribution in [-0.2, 0) is 4.74 Å². The highest BCUT2D eigenvalue weighted by atomic mass is 16.5. The van der Waals surface area contributed by atoms with E-state index >= 15 is 0 Å². The second kappa shape index (κ2) is 4.61. The molecule has 98 valence electrons. The van der Waals surface area contributed by atoms with Crippen molar-refractivity contribution in [3.63, 3.8) is 0 Å². The van der Waals surface area contributed by atoms with Crippen LogP contribution in [0.2, 0.25) is 0 Å². The molecule has 1 atom stereocenters. The average molecular weight is 250 g/mol. The minimum absolute atomic E-state index is 0.0757. The Kier molecular flexibility index (Phi) is 2.95. The maximum Gasteiger partial charge on any atom is 0.274 e. The molecule has 0 aromatic carbocycles. The summed E-state index contributed by atoms with van der Waals surface area (Å²) in [6, 6.07) is 0.0757. The van der Waals surface area contributed by atoms with Gasteiger partial charge in [0.15, 0.2) is 5.69 Å². The zero-order chi connectivity index (χ0) is 12.5. The van der Waals surface area contributed by atoms with Crippen LogP contribution in [0.3, 0.4) is 0 Å². The summed E-state index contributed by atoms with van der Waals surface area (Å²) in [7, 11) is 0. The van der Waals surface area contributed by atoms with Gasteiger partial charge >= 0.3 is 0 Å². The highest BCUT2D eigenvalue weighted by Gasteiger charge is 2.30. The monoisotopic (exact) mass is 250 g/mol. The molecule has 1 aliphatic heterocycles. The lowest BCUT2D eigenvalue weighted by molar-refractivity contribution is 0.0622. The van der Waals surface area contributed by atoms with Crippen molar-refractivity contribution in [1.82, 2.24) is 15.5 Å². The van der Waals surface area contributed by atoms with Gasteiger partial charge in [-0.15, -0.1) is 0 Å². The highest BCUT2D eigenvalue weighted by molar-refractivity contribution is 5.97. The SMILES string of the molecule is Nc1c(C(=O)NC2CCCOC2)n[nH]c1C1CC1. The van der Waals surface area contributed by atoms with Crippen LogP contribution in [0.15, 0.2) is 0 Å². The quantitative estimate of drug-likeness (QED) is 0.739. The predicted molar refractivity (Wildman–Crippen MR) is 66.3 cm³/mol. The third-order valence-electron chi connectivity index (χ3n) is 3.53. The fourth-order valence-electron chi connectivity index (χ4n) is 2.33. The van der Waals surface area contributed by atoms with Crippen molar-refractivity contribution in [3.8, 4) is 0 Å². The van der Waals surface area contributed by atoms with E-state index in [2.05, 4.69) is 15.5 Å². The van der Waals surface area contributed by atoms with Crippen LogP contribution >= 0.6 is 0 Å².